The molecule has 1 unspecified atom stereocenters. The highest BCUT2D eigenvalue weighted by atomic mass is 16.2. The molecule has 2 amide bonds. The summed E-state index contributed by atoms with van der Waals surface area (Å²) in [5.74, 6) is 5.57. The molecule has 1 saturated carbocycles. The predicted molar refractivity (Wildman–Crippen MR) is 73.2 cm³/mol. The van der Waals surface area contributed by atoms with Gasteiger partial charge in [-0.15, -0.1) is 0 Å². The zero-order chi connectivity index (χ0) is 13.7. The van der Waals surface area contributed by atoms with E-state index in [1.807, 2.05) is 4.90 Å². The molecule has 0 aromatic rings. The second-order valence-electron chi connectivity index (χ2n) is 5.55. The average Bonchev–Trinajstić information content (AvgIpc) is 2.71. The summed E-state index contributed by atoms with van der Waals surface area (Å²) in [7, 11) is 0. The molecule has 0 aromatic carbocycles. The van der Waals surface area contributed by atoms with Crippen molar-refractivity contribution in [3.63, 3.8) is 0 Å². The van der Waals surface area contributed by atoms with Crippen LogP contribution in [-0.2, 0) is 9.59 Å². The van der Waals surface area contributed by atoms with E-state index in [2.05, 4.69) is 17.2 Å². The molecule has 1 aliphatic heterocycles. The Morgan fingerprint density at radius 3 is 2.79 bits per heavy atom. The van der Waals surface area contributed by atoms with Crippen molar-refractivity contribution >= 4 is 11.8 Å². The molecular weight excluding hydrogens is 240 g/mol. The van der Waals surface area contributed by atoms with E-state index in [0.717, 1.165) is 6.54 Å². The van der Waals surface area contributed by atoms with Crippen LogP contribution in [0, 0.1) is 17.8 Å². The van der Waals surface area contributed by atoms with Crippen LogP contribution in [0.15, 0.2) is 0 Å². The molecule has 4 nitrogen and oxygen atoms in total. The second kappa shape index (κ2) is 6.60. The molecule has 4 heteroatoms. The topological polar surface area (TPSA) is 49.4 Å². The number of amides is 2. The summed E-state index contributed by atoms with van der Waals surface area (Å²) in [6.45, 7) is 3.14. The smallest absolute Gasteiger partial charge is 0.296 e. The molecule has 0 radical (unpaired) electrons. The molecule has 2 fully saturated rings. The molecule has 0 aromatic heterocycles. The fourth-order valence-electron chi connectivity index (χ4n) is 3.06. The number of nitrogens with zero attached hydrogens (tertiary/aromatic N) is 1. The monoisotopic (exact) mass is 262 g/mol. The Morgan fingerprint density at radius 1 is 1.37 bits per heavy atom. The summed E-state index contributed by atoms with van der Waals surface area (Å²) in [4.78, 5) is 25.2. The van der Waals surface area contributed by atoms with Crippen molar-refractivity contribution in [1.29, 1.82) is 0 Å². The van der Waals surface area contributed by atoms with Crippen molar-refractivity contribution in [2.75, 3.05) is 13.1 Å². The maximum Gasteiger partial charge on any atom is 0.296 e. The SMILES string of the molecule is CC#CC(=O)NC1CC(=O)N(CC2CCCCC2)C1. The normalized spacial score (nSPS) is 23.9. The van der Waals surface area contributed by atoms with Crippen molar-refractivity contribution in [1.82, 2.24) is 10.2 Å². The Kier molecular flexibility index (Phi) is 4.84. The molecule has 1 aliphatic carbocycles. The van der Waals surface area contributed by atoms with Crippen LogP contribution in [0.25, 0.3) is 0 Å². The second-order valence-corrected chi connectivity index (χ2v) is 5.55. The Hall–Kier alpha value is -1.50. The van der Waals surface area contributed by atoms with Crippen molar-refractivity contribution in [2.24, 2.45) is 5.92 Å². The van der Waals surface area contributed by atoms with Crippen LogP contribution in [0.2, 0.25) is 0 Å². The van der Waals surface area contributed by atoms with Crippen LogP contribution < -0.4 is 5.32 Å². The highest BCUT2D eigenvalue weighted by Crippen LogP contribution is 2.25. The van der Waals surface area contributed by atoms with Gasteiger partial charge in [0.15, 0.2) is 0 Å². The van der Waals surface area contributed by atoms with Gasteiger partial charge in [-0.25, -0.2) is 0 Å². The summed E-state index contributed by atoms with van der Waals surface area (Å²) in [5.41, 5.74) is 0. The molecule has 2 aliphatic rings. The van der Waals surface area contributed by atoms with E-state index in [0.29, 0.717) is 18.9 Å². The summed E-state index contributed by atoms with van der Waals surface area (Å²) in [5, 5.41) is 2.80. The molecule has 104 valence electrons. The van der Waals surface area contributed by atoms with Gasteiger partial charge in [-0.2, -0.15) is 0 Å². The molecule has 0 bridgehead atoms. The van der Waals surface area contributed by atoms with Gasteiger partial charge in [0.2, 0.25) is 5.91 Å². The summed E-state index contributed by atoms with van der Waals surface area (Å²) < 4.78 is 0. The number of rotatable bonds is 3. The van der Waals surface area contributed by atoms with Crippen molar-refractivity contribution in [2.45, 2.75) is 51.5 Å². The summed E-state index contributed by atoms with van der Waals surface area (Å²) in [6.07, 6.45) is 6.81. The van der Waals surface area contributed by atoms with E-state index >= 15 is 0 Å². The minimum atomic E-state index is -0.278. The van der Waals surface area contributed by atoms with Gasteiger partial charge in [0, 0.05) is 19.5 Å². The quantitative estimate of drug-likeness (QED) is 0.780. The van der Waals surface area contributed by atoms with Gasteiger partial charge >= 0.3 is 0 Å². The third-order valence-electron chi connectivity index (χ3n) is 3.99. The molecule has 1 atom stereocenters. The number of hydrogen-bond donors (Lipinski definition) is 1. The van der Waals surface area contributed by atoms with E-state index in [4.69, 9.17) is 0 Å². The zero-order valence-electron chi connectivity index (χ0n) is 11.6. The first-order valence-electron chi connectivity index (χ1n) is 7.20. The first kappa shape index (κ1) is 13.9. The minimum absolute atomic E-state index is 0.0653. The number of hydrogen-bond acceptors (Lipinski definition) is 2. The third kappa shape index (κ3) is 3.99. The Balaban J connectivity index is 1.81. The lowest BCUT2D eigenvalue weighted by Crippen LogP contribution is -2.37. The van der Waals surface area contributed by atoms with Crippen molar-refractivity contribution in [3.05, 3.63) is 0 Å². The van der Waals surface area contributed by atoms with Crippen LogP contribution >= 0.6 is 0 Å². The summed E-state index contributed by atoms with van der Waals surface area (Å²) in [6, 6.07) is -0.0653. The maximum atomic E-state index is 11.9. The molecule has 0 spiro atoms. The third-order valence-corrected chi connectivity index (χ3v) is 3.99. The van der Waals surface area contributed by atoms with E-state index in [1.54, 1.807) is 6.92 Å². The van der Waals surface area contributed by atoms with E-state index in [-0.39, 0.29) is 17.9 Å². The van der Waals surface area contributed by atoms with Crippen molar-refractivity contribution in [3.8, 4) is 11.8 Å². The Morgan fingerprint density at radius 2 is 2.11 bits per heavy atom. The predicted octanol–water partition coefficient (Wildman–Crippen LogP) is 1.31. The van der Waals surface area contributed by atoms with Gasteiger partial charge in [0.1, 0.15) is 0 Å². The Bertz CT molecular complexity index is 402. The number of likely N-dealkylation sites (tertiary alicyclic amines) is 1. The van der Waals surface area contributed by atoms with E-state index < -0.39 is 0 Å². The van der Waals surface area contributed by atoms with Gasteiger partial charge in [-0.1, -0.05) is 25.2 Å². The van der Waals surface area contributed by atoms with Crippen LogP contribution in [0.3, 0.4) is 0 Å². The van der Waals surface area contributed by atoms with Gasteiger partial charge < -0.3 is 10.2 Å². The number of carbonyl (C=O) groups excluding carboxylic acids is 2. The zero-order valence-corrected chi connectivity index (χ0v) is 11.6. The van der Waals surface area contributed by atoms with Gasteiger partial charge in [-0.05, 0) is 31.6 Å². The van der Waals surface area contributed by atoms with Crippen LogP contribution in [0.5, 0.6) is 0 Å². The maximum absolute atomic E-state index is 11.9. The molecule has 19 heavy (non-hydrogen) atoms. The standard InChI is InChI=1S/C15H22N2O2/c1-2-6-14(18)16-13-9-15(19)17(11-13)10-12-7-4-3-5-8-12/h12-13H,3-5,7-11H2,1H3,(H,16,18). The minimum Gasteiger partial charge on any atom is -0.340 e. The highest BCUT2D eigenvalue weighted by Gasteiger charge is 2.31. The van der Waals surface area contributed by atoms with Gasteiger partial charge in [-0.3, -0.25) is 9.59 Å². The van der Waals surface area contributed by atoms with E-state index in [1.165, 1.54) is 32.1 Å². The molecule has 2 rings (SSSR count). The van der Waals surface area contributed by atoms with Crippen molar-refractivity contribution < 1.29 is 9.59 Å². The molecular formula is C15H22N2O2. The number of carbonyl (C=O) groups is 2. The number of nitrogens with one attached hydrogen (secondary N) is 1. The average molecular weight is 262 g/mol. The largest absolute Gasteiger partial charge is 0.340 e. The van der Waals surface area contributed by atoms with Crippen LogP contribution in [0.1, 0.15) is 45.4 Å². The molecule has 1 saturated heterocycles. The van der Waals surface area contributed by atoms with Gasteiger partial charge in [0.25, 0.3) is 5.91 Å². The van der Waals surface area contributed by atoms with Crippen LogP contribution in [0.4, 0.5) is 0 Å². The van der Waals surface area contributed by atoms with E-state index in [9.17, 15) is 9.59 Å². The lowest BCUT2D eigenvalue weighted by molar-refractivity contribution is -0.128. The lowest BCUT2D eigenvalue weighted by Gasteiger charge is -2.27. The highest BCUT2D eigenvalue weighted by molar-refractivity contribution is 5.94. The van der Waals surface area contributed by atoms with Gasteiger partial charge in [0.05, 0.1) is 6.04 Å². The first-order valence-corrected chi connectivity index (χ1v) is 7.20. The Labute approximate surface area is 114 Å². The first-order chi connectivity index (χ1) is 9.19. The fraction of sp³-hybridized carbons (Fsp3) is 0.733. The summed E-state index contributed by atoms with van der Waals surface area (Å²) >= 11 is 0. The molecule has 1 N–H and O–H groups in total. The van der Waals surface area contributed by atoms with Crippen LogP contribution in [-0.4, -0.2) is 35.8 Å². The fourth-order valence-corrected chi connectivity index (χ4v) is 3.06. The lowest BCUT2D eigenvalue weighted by atomic mass is 9.89. The molecule has 1 heterocycles.